The molecule has 2 fully saturated rings. The molecule has 3 rings (SSSR count). The molecule has 1 aromatic carbocycles. The molecule has 2 aliphatic heterocycles. The number of carbonyl (C=O) groups is 2. The first-order chi connectivity index (χ1) is 11.0. The summed E-state index contributed by atoms with van der Waals surface area (Å²) in [5.74, 6) is -1.97. The second kappa shape index (κ2) is 5.94. The van der Waals surface area contributed by atoms with Crippen LogP contribution in [-0.4, -0.2) is 54.1 Å². The lowest BCUT2D eigenvalue weighted by molar-refractivity contribution is -0.158. The highest BCUT2D eigenvalue weighted by Gasteiger charge is 2.56. The Hall–Kier alpha value is -1.92. The SMILES string of the molecule is COC(=O)[C@@H]1[C@H]2CC[C@@H](C(C(=O)c3cccc(N)c3)[C@@H]1O)N2C. The van der Waals surface area contributed by atoms with Gasteiger partial charge in [0, 0.05) is 23.3 Å². The molecule has 1 aromatic rings. The van der Waals surface area contributed by atoms with E-state index in [9.17, 15) is 14.7 Å². The van der Waals surface area contributed by atoms with E-state index in [1.807, 2.05) is 11.9 Å². The normalized spacial score (nSPS) is 33.4. The number of aliphatic hydroxyl groups excluding tert-OH is 1. The number of esters is 1. The van der Waals surface area contributed by atoms with Crippen molar-refractivity contribution in [2.75, 3.05) is 19.9 Å². The molecular weight excluding hydrogens is 296 g/mol. The highest BCUT2D eigenvalue weighted by atomic mass is 16.5. The molecule has 6 nitrogen and oxygen atoms in total. The van der Waals surface area contributed by atoms with Gasteiger partial charge < -0.3 is 15.6 Å². The van der Waals surface area contributed by atoms with Crippen molar-refractivity contribution < 1.29 is 19.4 Å². The molecule has 0 spiro atoms. The van der Waals surface area contributed by atoms with Gasteiger partial charge in [-0.25, -0.2) is 0 Å². The van der Waals surface area contributed by atoms with Crippen LogP contribution < -0.4 is 5.73 Å². The summed E-state index contributed by atoms with van der Waals surface area (Å²) in [6.45, 7) is 0. The fraction of sp³-hybridized carbons (Fsp3) is 0.529. The first-order valence-electron chi connectivity index (χ1n) is 7.83. The van der Waals surface area contributed by atoms with E-state index < -0.39 is 23.9 Å². The summed E-state index contributed by atoms with van der Waals surface area (Å²) in [6, 6.07) is 6.60. The number of ketones is 1. The maximum atomic E-state index is 13.0. The fourth-order valence-electron chi connectivity index (χ4n) is 4.19. The van der Waals surface area contributed by atoms with Crippen LogP contribution in [0.3, 0.4) is 0 Å². The molecule has 0 aliphatic carbocycles. The van der Waals surface area contributed by atoms with Gasteiger partial charge >= 0.3 is 5.97 Å². The van der Waals surface area contributed by atoms with E-state index in [-0.39, 0.29) is 17.9 Å². The summed E-state index contributed by atoms with van der Waals surface area (Å²) in [7, 11) is 3.22. The maximum Gasteiger partial charge on any atom is 0.312 e. The zero-order chi connectivity index (χ0) is 16.7. The quantitative estimate of drug-likeness (QED) is 0.484. The first-order valence-corrected chi connectivity index (χ1v) is 7.83. The Morgan fingerprint density at radius 1 is 1.26 bits per heavy atom. The van der Waals surface area contributed by atoms with Crippen molar-refractivity contribution in [3.05, 3.63) is 29.8 Å². The Morgan fingerprint density at radius 2 is 1.91 bits per heavy atom. The molecule has 124 valence electrons. The zero-order valence-electron chi connectivity index (χ0n) is 13.3. The lowest BCUT2D eigenvalue weighted by atomic mass is 9.76. The summed E-state index contributed by atoms with van der Waals surface area (Å²) in [5, 5.41) is 10.8. The molecule has 2 heterocycles. The number of aliphatic hydroxyl groups is 1. The number of methoxy groups -OCH3 is 1. The van der Waals surface area contributed by atoms with Crippen LogP contribution >= 0.6 is 0 Å². The predicted octanol–water partition coefficient (Wildman–Crippen LogP) is 0.694. The lowest BCUT2D eigenvalue weighted by Gasteiger charge is -2.44. The first kappa shape index (κ1) is 16.0. The third kappa shape index (κ3) is 2.52. The number of nitrogen functional groups attached to an aromatic ring is 1. The minimum Gasteiger partial charge on any atom is -0.469 e. The number of hydrogen-bond donors (Lipinski definition) is 2. The van der Waals surface area contributed by atoms with Crippen LogP contribution in [-0.2, 0) is 9.53 Å². The average molecular weight is 318 g/mol. The number of nitrogens with zero attached hydrogens (tertiary/aromatic N) is 1. The smallest absolute Gasteiger partial charge is 0.312 e. The van der Waals surface area contributed by atoms with Gasteiger partial charge in [-0.3, -0.25) is 14.5 Å². The van der Waals surface area contributed by atoms with Gasteiger partial charge in [-0.05, 0) is 32.0 Å². The molecule has 3 N–H and O–H groups in total. The number of Topliss-reactive ketones (excluding diaryl/α,β-unsaturated/α-hetero) is 1. The average Bonchev–Trinajstić information content (AvgIpc) is 2.81. The Bertz CT molecular complexity index is 633. The highest BCUT2D eigenvalue weighted by Crippen LogP contribution is 2.43. The van der Waals surface area contributed by atoms with Gasteiger partial charge in [0.25, 0.3) is 0 Å². The second-order valence-corrected chi connectivity index (χ2v) is 6.43. The Balaban J connectivity index is 1.97. The fourth-order valence-corrected chi connectivity index (χ4v) is 4.19. The third-order valence-electron chi connectivity index (χ3n) is 5.32. The second-order valence-electron chi connectivity index (χ2n) is 6.43. The molecule has 23 heavy (non-hydrogen) atoms. The van der Waals surface area contributed by atoms with Gasteiger partial charge in [0.05, 0.1) is 25.0 Å². The molecule has 2 bridgehead atoms. The standard InChI is InChI=1S/C17H22N2O4/c1-19-11-6-7-12(19)14(17(22)23-2)16(21)13(11)15(20)9-4-3-5-10(18)8-9/h3-5,8,11-14,16,21H,6-7,18H2,1-2H3/t11-,12+,13?,14+,16-/m0/s1. The number of piperidine rings is 1. The van der Waals surface area contributed by atoms with E-state index in [0.717, 1.165) is 12.8 Å². The van der Waals surface area contributed by atoms with Gasteiger partial charge in [-0.2, -0.15) is 0 Å². The summed E-state index contributed by atoms with van der Waals surface area (Å²) >= 11 is 0. The zero-order valence-corrected chi connectivity index (χ0v) is 13.3. The molecule has 2 aliphatic rings. The summed E-state index contributed by atoms with van der Waals surface area (Å²) in [6.07, 6.45) is 0.522. The molecule has 1 unspecified atom stereocenters. The van der Waals surface area contributed by atoms with Crippen LogP contribution in [0.2, 0.25) is 0 Å². The summed E-state index contributed by atoms with van der Waals surface area (Å²) < 4.78 is 4.86. The number of ether oxygens (including phenoxy) is 1. The van der Waals surface area contributed by atoms with Crippen molar-refractivity contribution in [3.8, 4) is 0 Å². The van der Waals surface area contributed by atoms with Crippen molar-refractivity contribution in [1.82, 2.24) is 4.90 Å². The van der Waals surface area contributed by atoms with Crippen LogP contribution in [0.15, 0.2) is 24.3 Å². The minimum absolute atomic E-state index is 0.0650. The Morgan fingerprint density at radius 3 is 2.52 bits per heavy atom. The van der Waals surface area contributed by atoms with E-state index >= 15 is 0 Å². The van der Waals surface area contributed by atoms with Gasteiger partial charge in [0.15, 0.2) is 5.78 Å². The largest absolute Gasteiger partial charge is 0.469 e. The highest BCUT2D eigenvalue weighted by molar-refractivity contribution is 6.00. The van der Waals surface area contributed by atoms with E-state index in [1.165, 1.54) is 7.11 Å². The molecule has 5 atom stereocenters. The van der Waals surface area contributed by atoms with Crippen molar-refractivity contribution in [2.45, 2.75) is 31.0 Å². The molecule has 6 heteroatoms. The Labute approximate surface area is 135 Å². The van der Waals surface area contributed by atoms with Gasteiger partial charge in [0.2, 0.25) is 0 Å². The molecule has 0 radical (unpaired) electrons. The van der Waals surface area contributed by atoms with E-state index in [2.05, 4.69) is 0 Å². The monoisotopic (exact) mass is 318 g/mol. The topological polar surface area (TPSA) is 92.9 Å². The number of anilines is 1. The van der Waals surface area contributed by atoms with E-state index in [1.54, 1.807) is 24.3 Å². The Kier molecular flexibility index (Phi) is 4.12. The molecule has 0 aromatic heterocycles. The van der Waals surface area contributed by atoms with Crippen LogP contribution in [0.5, 0.6) is 0 Å². The van der Waals surface area contributed by atoms with Crippen molar-refractivity contribution in [1.29, 1.82) is 0 Å². The number of hydrogen-bond acceptors (Lipinski definition) is 6. The van der Waals surface area contributed by atoms with Crippen LogP contribution in [0.1, 0.15) is 23.2 Å². The minimum atomic E-state index is -1.04. The number of rotatable bonds is 3. The molecular formula is C17H22N2O4. The molecule has 0 amide bonds. The van der Waals surface area contributed by atoms with Crippen LogP contribution in [0.25, 0.3) is 0 Å². The number of fused-ring (bicyclic) bond motifs is 2. The van der Waals surface area contributed by atoms with Crippen molar-refractivity contribution in [3.63, 3.8) is 0 Å². The number of nitrogens with two attached hydrogens (primary N) is 1. The van der Waals surface area contributed by atoms with Crippen molar-refractivity contribution in [2.24, 2.45) is 11.8 Å². The molecule has 2 saturated heterocycles. The summed E-state index contributed by atoms with van der Waals surface area (Å²) in [4.78, 5) is 27.1. The maximum absolute atomic E-state index is 13.0. The predicted molar refractivity (Wildman–Crippen MR) is 84.8 cm³/mol. The number of carbonyl (C=O) groups excluding carboxylic acids is 2. The van der Waals surface area contributed by atoms with E-state index in [0.29, 0.717) is 11.3 Å². The van der Waals surface area contributed by atoms with E-state index in [4.69, 9.17) is 10.5 Å². The third-order valence-corrected chi connectivity index (χ3v) is 5.32. The van der Waals surface area contributed by atoms with Gasteiger partial charge in [0.1, 0.15) is 0 Å². The lowest BCUT2D eigenvalue weighted by Crippen LogP contribution is -2.59. The van der Waals surface area contributed by atoms with Crippen LogP contribution in [0.4, 0.5) is 5.69 Å². The molecule has 0 saturated carbocycles. The van der Waals surface area contributed by atoms with Crippen molar-refractivity contribution >= 4 is 17.4 Å². The van der Waals surface area contributed by atoms with Gasteiger partial charge in [-0.15, -0.1) is 0 Å². The van der Waals surface area contributed by atoms with Gasteiger partial charge in [-0.1, -0.05) is 12.1 Å². The van der Waals surface area contributed by atoms with Crippen LogP contribution in [0, 0.1) is 11.8 Å². The number of benzene rings is 1. The summed E-state index contributed by atoms with van der Waals surface area (Å²) in [5.41, 5.74) is 6.73.